The van der Waals surface area contributed by atoms with E-state index in [1.165, 1.54) is 14.0 Å². The molecule has 0 spiro atoms. The molecule has 7 unspecified atom stereocenters. The Balaban J connectivity index is 1.24. The number of anilines is 1. The van der Waals surface area contributed by atoms with Crippen LogP contribution in [-0.4, -0.2) is 92.1 Å². The number of nitrogens with one attached hydrogen (secondary N) is 2. The molecule has 8 rings (SSSR count). The number of aliphatic hydroxyl groups excluding tert-OH is 3. The second-order valence-electron chi connectivity index (χ2n) is 19.5. The third kappa shape index (κ3) is 11.6. The quantitative estimate of drug-likeness (QED) is 0.0625. The lowest BCUT2D eigenvalue weighted by molar-refractivity contribution is -0.128. The lowest BCUT2D eigenvalue weighted by atomic mass is 9.81. The molecule has 0 radical (unpaired) electrons. The highest BCUT2D eigenvalue weighted by molar-refractivity contribution is 8.76. The molecule has 1 saturated heterocycles. The fraction of sp³-hybridized carbons (Fsp3) is 0.547. The van der Waals surface area contributed by atoms with Crippen molar-refractivity contribution in [1.82, 2.24) is 5.32 Å². The molecule has 14 heteroatoms. The first-order chi connectivity index (χ1) is 32.4. The predicted octanol–water partition coefficient (Wildman–Crippen LogP) is 9.30. The molecule has 1 saturated carbocycles. The molecule has 0 amide bonds. The number of Topliss-reactive ketones (excluding diaryl/α,β-unsaturated/α-hetero) is 2. The summed E-state index contributed by atoms with van der Waals surface area (Å²) in [5, 5.41) is 75.5. The van der Waals surface area contributed by atoms with Crippen LogP contribution in [0.5, 0.6) is 17.2 Å². The van der Waals surface area contributed by atoms with E-state index < -0.39 is 24.0 Å². The first kappa shape index (κ1) is 49.6. The Morgan fingerprint density at radius 3 is 2.52 bits per heavy atom. The fourth-order valence-corrected chi connectivity index (χ4v) is 14.1. The van der Waals surface area contributed by atoms with Crippen molar-refractivity contribution in [3.8, 4) is 28.4 Å². The number of aliphatic hydroxyl groups is 4. The Morgan fingerprint density at radius 2 is 1.76 bits per heavy atom. The van der Waals surface area contributed by atoms with E-state index >= 15 is 0 Å². The number of fused-ring (bicyclic) bond motifs is 10. The third-order valence-corrected chi connectivity index (χ3v) is 17.6. The van der Waals surface area contributed by atoms with Crippen molar-refractivity contribution in [1.29, 1.82) is 0 Å². The second kappa shape index (κ2) is 22.3. The minimum atomic E-state index is -0.759. The van der Waals surface area contributed by atoms with Crippen molar-refractivity contribution < 1.29 is 49.7 Å². The molecule has 4 aliphatic rings. The average molecular weight is 957 g/mol. The maximum atomic E-state index is 14.6. The van der Waals surface area contributed by atoms with Gasteiger partial charge in [-0.3, -0.25) is 14.9 Å². The number of hydrogen-bond acceptors (Lipinski definition) is 14. The number of ether oxygens (including phenoxy) is 2. The van der Waals surface area contributed by atoms with Gasteiger partial charge in [0.2, 0.25) is 0 Å². The first-order valence-corrected chi connectivity index (χ1v) is 26.6. The van der Waals surface area contributed by atoms with Crippen LogP contribution < -0.4 is 15.4 Å². The highest BCUT2D eigenvalue weighted by Gasteiger charge is 2.38. The number of phenols is 2. The van der Waals surface area contributed by atoms with Gasteiger partial charge in [-0.25, -0.2) is 0 Å². The molecule has 2 fully saturated rings. The van der Waals surface area contributed by atoms with Crippen molar-refractivity contribution in [3.63, 3.8) is 0 Å². The number of methoxy groups -OCH3 is 1. The summed E-state index contributed by atoms with van der Waals surface area (Å²) in [6.07, 6.45) is 7.09. The van der Waals surface area contributed by atoms with Crippen LogP contribution in [0, 0.1) is 5.92 Å². The van der Waals surface area contributed by atoms with Gasteiger partial charge in [-0.05, 0) is 158 Å². The number of hydrogen-bond donors (Lipinski definition) is 8. The van der Waals surface area contributed by atoms with Gasteiger partial charge in [0.15, 0.2) is 11.5 Å². The van der Waals surface area contributed by atoms with Crippen LogP contribution in [0.2, 0.25) is 0 Å². The summed E-state index contributed by atoms with van der Waals surface area (Å²) in [6, 6.07) is 16.8. The molecule has 0 aromatic heterocycles. The zero-order valence-electron chi connectivity index (χ0n) is 38.8. The topological polar surface area (TPSA) is 198 Å². The predicted molar refractivity (Wildman–Crippen MR) is 266 cm³/mol. The summed E-state index contributed by atoms with van der Waals surface area (Å²) >= 11 is 0. The van der Waals surface area contributed by atoms with E-state index in [0.29, 0.717) is 73.3 Å². The van der Waals surface area contributed by atoms with Crippen molar-refractivity contribution >= 4 is 49.6 Å². The molecule has 2 aliphatic heterocycles. The third-order valence-electron chi connectivity index (χ3n) is 14.8. The van der Waals surface area contributed by atoms with Gasteiger partial charge in [0.05, 0.1) is 38.1 Å². The van der Waals surface area contributed by atoms with Crippen LogP contribution in [0.1, 0.15) is 142 Å². The fourth-order valence-electron chi connectivity index (χ4n) is 11.2. The molecule has 2 aliphatic carbocycles. The van der Waals surface area contributed by atoms with Gasteiger partial charge in [0.25, 0.3) is 0 Å². The number of phenolic OH excluding ortho intramolecular Hbond substituents is 2. The number of aromatic hydroxyl groups is 2. The first-order valence-electron chi connectivity index (χ1n) is 24.2. The standard InChI is InChI=1S/C53H68N2O10S2/c1-31(58)28-54-45-27-42-33(18-22-56)5-11-37(17-21-53(63)19-3-4-20-53)55-52(44(42)24-36(45)29-57)65-47-26-39(60)13-7-34-9-15-46(62)51(64-2)49(34)41-14-8-32-6-12-38(59)25-43(32)50(41)48-16-10-35(47)23-40(61)30-66-67-48/h6,8-9,12,14-15,24-25,27,33,35,37,40,47-48,52,54-57,59,61-63H,3-5,7,10-11,13,16-23,26,28-30H2,1-2H3. The van der Waals surface area contributed by atoms with Crippen LogP contribution >= 0.6 is 21.6 Å². The maximum Gasteiger partial charge on any atom is 0.168 e. The smallest absolute Gasteiger partial charge is 0.168 e. The monoisotopic (exact) mass is 956 g/mol. The highest BCUT2D eigenvalue weighted by atomic mass is 33.1. The Bertz CT molecular complexity index is 2390. The van der Waals surface area contributed by atoms with Crippen LogP contribution in [-0.2, 0) is 27.4 Å². The molecule has 2 bridgehead atoms. The van der Waals surface area contributed by atoms with E-state index in [1.54, 1.807) is 39.8 Å². The molecule has 12 nitrogen and oxygen atoms in total. The molecule has 4 aromatic rings. The minimum Gasteiger partial charge on any atom is -0.508 e. The van der Waals surface area contributed by atoms with E-state index in [4.69, 9.17) is 9.47 Å². The Hall–Kier alpha value is -3.86. The van der Waals surface area contributed by atoms with Gasteiger partial charge in [-0.1, -0.05) is 58.7 Å². The number of carbonyl (C=O) groups is 2. The van der Waals surface area contributed by atoms with E-state index in [1.807, 2.05) is 30.3 Å². The van der Waals surface area contributed by atoms with Crippen LogP contribution in [0.25, 0.3) is 21.9 Å². The van der Waals surface area contributed by atoms with Gasteiger partial charge in [-0.15, -0.1) is 0 Å². The molecule has 7 atom stereocenters. The van der Waals surface area contributed by atoms with Crippen LogP contribution in [0.4, 0.5) is 5.69 Å². The second-order valence-corrected chi connectivity index (χ2v) is 22.1. The Labute approximate surface area is 402 Å². The van der Waals surface area contributed by atoms with E-state index in [2.05, 4.69) is 16.7 Å². The van der Waals surface area contributed by atoms with Gasteiger partial charge in [0.1, 0.15) is 23.5 Å². The molecule has 4 aromatic carbocycles. The van der Waals surface area contributed by atoms with Gasteiger partial charge >= 0.3 is 0 Å². The van der Waals surface area contributed by atoms with Crippen molar-refractivity contribution in [2.45, 2.75) is 151 Å². The van der Waals surface area contributed by atoms with E-state index in [-0.39, 0.29) is 78.8 Å². The maximum absolute atomic E-state index is 14.6. The normalized spacial score (nSPS) is 25.7. The summed E-state index contributed by atoms with van der Waals surface area (Å²) in [4.78, 5) is 26.8. The highest BCUT2D eigenvalue weighted by Crippen LogP contribution is 2.53. The summed E-state index contributed by atoms with van der Waals surface area (Å²) in [7, 11) is 4.83. The van der Waals surface area contributed by atoms with Gasteiger partial charge in [0, 0.05) is 53.3 Å². The zero-order chi connectivity index (χ0) is 47.2. The lowest BCUT2D eigenvalue weighted by Crippen LogP contribution is -2.42. The molecule has 2 heterocycles. The van der Waals surface area contributed by atoms with Crippen molar-refractivity contribution in [2.75, 3.05) is 31.3 Å². The summed E-state index contributed by atoms with van der Waals surface area (Å²) in [6.45, 7) is 1.26. The largest absolute Gasteiger partial charge is 0.508 e. The molecule has 8 N–H and O–H groups in total. The van der Waals surface area contributed by atoms with Crippen molar-refractivity contribution in [3.05, 3.63) is 82.4 Å². The van der Waals surface area contributed by atoms with Gasteiger partial charge < -0.3 is 45.4 Å². The number of aryl methyl sites for hydroxylation is 1. The summed E-state index contributed by atoms with van der Waals surface area (Å²) < 4.78 is 13.4. The number of benzene rings is 4. The van der Waals surface area contributed by atoms with Gasteiger partial charge in [-0.2, -0.15) is 0 Å². The van der Waals surface area contributed by atoms with E-state index in [9.17, 15) is 40.2 Å². The number of ketones is 2. The van der Waals surface area contributed by atoms with E-state index in [0.717, 1.165) is 77.1 Å². The van der Waals surface area contributed by atoms with Crippen LogP contribution in [0.15, 0.2) is 54.6 Å². The minimum absolute atomic E-state index is 0.00961. The summed E-state index contributed by atoms with van der Waals surface area (Å²) in [5.41, 5.74) is 5.64. The Kier molecular flexibility index (Phi) is 16.5. The summed E-state index contributed by atoms with van der Waals surface area (Å²) in [5.74, 6) is 0.488. The number of carbonyl (C=O) groups excluding carboxylic acids is 2. The SMILES string of the molecule is COc1c(O)ccc2c1-c1ccc3ccc(O)cc3c1C1CCC(CC(O)CSS1)C(OC1NC(CCC3(O)CCCC3)CCC(CCO)c3cc(NCC(C)=O)c(CO)cc31)CC(=O)CC2. The van der Waals surface area contributed by atoms with Crippen molar-refractivity contribution in [2.24, 2.45) is 5.92 Å². The molecule has 67 heavy (non-hydrogen) atoms. The molecule has 362 valence electrons. The molecular weight excluding hydrogens is 889 g/mol. The average Bonchev–Trinajstić information content (AvgIpc) is 3.78. The lowest BCUT2D eigenvalue weighted by Gasteiger charge is -2.38. The molecular formula is C53H68N2O10S2. The number of rotatable bonds is 12. The Morgan fingerprint density at radius 1 is 0.955 bits per heavy atom. The van der Waals surface area contributed by atoms with Crippen LogP contribution in [0.3, 0.4) is 0 Å². The zero-order valence-corrected chi connectivity index (χ0v) is 40.4.